The predicted octanol–water partition coefficient (Wildman–Crippen LogP) is 9.47. The van der Waals surface area contributed by atoms with Gasteiger partial charge in [-0.2, -0.15) is 0 Å². The average Bonchev–Trinajstić information content (AvgIpc) is 3.45. The summed E-state index contributed by atoms with van der Waals surface area (Å²) in [5.74, 6) is 1.03. The molecular weight excluding hydrogens is 490 g/mol. The molecule has 0 N–H and O–H groups in total. The fourth-order valence-electron chi connectivity index (χ4n) is 4.93. The van der Waals surface area contributed by atoms with E-state index in [1.807, 2.05) is 11.8 Å². The van der Waals surface area contributed by atoms with Gasteiger partial charge in [0.25, 0.3) is 0 Å². The molecule has 1 aromatic carbocycles. The van der Waals surface area contributed by atoms with E-state index in [9.17, 15) is 0 Å². The first-order valence-electron chi connectivity index (χ1n) is 15.6. The van der Waals surface area contributed by atoms with Gasteiger partial charge in [0, 0.05) is 26.5 Å². The third kappa shape index (κ3) is 16.8. The minimum Gasteiger partial charge on any atom is -0.379 e. The van der Waals surface area contributed by atoms with E-state index in [-0.39, 0.29) is 6.10 Å². The van der Waals surface area contributed by atoms with Crippen molar-refractivity contribution in [2.24, 2.45) is 0 Å². The molecule has 0 fully saturated rings. The van der Waals surface area contributed by atoms with Crippen molar-refractivity contribution in [3.8, 4) is 0 Å². The lowest BCUT2D eigenvalue weighted by Crippen LogP contribution is -2.24. The number of rotatable bonds is 26. The lowest BCUT2D eigenvalue weighted by molar-refractivity contribution is -0.0452. The molecule has 1 aliphatic heterocycles. The maximum atomic E-state index is 6.02. The Labute approximate surface area is 239 Å². The van der Waals surface area contributed by atoms with Crippen LogP contribution in [0.4, 0.5) is 0 Å². The molecule has 0 aliphatic carbocycles. The third-order valence-corrected chi connectivity index (χ3v) is 8.24. The second kappa shape index (κ2) is 23.8. The quantitative estimate of drug-likeness (QED) is 0.108. The summed E-state index contributed by atoms with van der Waals surface area (Å²) in [5.41, 5.74) is 2.58. The molecule has 38 heavy (non-hydrogen) atoms. The molecule has 4 nitrogen and oxygen atoms in total. The van der Waals surface area contributed by atoms with E-state index in [0.29, 0.717) is 19.8 Å². The van der Waals surface area contributed by atoms with Crippen molar-refractivity contribution >= 4 is 11.8 Å². The van der Waals surface area contributed by atoms with Gasteiger partial charge in [0.1, 0.15) is 6.10 Å². The van der Waals surface area contributed by atoms with Crippen LogP contribution in [0.1, 0.15) is 121 Å². The maximum absolute atomic E-state index is 6.02. The van der Waals surface area contributed by atoms with E-state index in [2.05, 4.69) is 47.7 Å². The molecule has 1 heterocycles. The second-order valence-electron chi connectivity index (χ2n) is 10.8. The van der Waals surface area contributed by atoms with Gasteiger partial charge in [0.05, 0.1) is 25.7 Å². The lowest BCUT2D eigenvalue weighted by atomic mass is 10.0. The average molecular weight is 548 g/mol. The first-order valence-corrected chi connectivity index (χ1v) is 16.7. The van der Waals surface area contributed by atoms with Crippen molar-refractivity contribution in [2.45, 2.75) is 129 Å². The fraction of sp³-hybridized carbons (Fsp3) is 0.758. The Balaban J connectivity index is 1.37. The second-order valence-corrected chi connectivity index (χ2v) is 11.7. The van der Waals surface area contributed by atoms with Crippen molar-refractivity contribution < 1.29 is 14.2 Å². The minimum absolute atomic E-state index is 0.0128. The summed E-state index contributed by atoms with van der Waals surface area (Å²) >= 11 is 1.84. The molecule has 2 rings (SSSR count). The molecule has 218 valence electrons. The molecule has 0 bridgehead atoms. The minimum atomic E-state index is -0.0128. The summed E-state index contributed by atoms with van der Waals surface area (Å²) in [4.78, 5) is 2.33. The largest absolute Gasteiger partial charge is 0.379 e. The van der Waals surface area contributed by atoms with Crippen LogP contribution in [0, 0.1) is 0 Å². The molecule has 0 spiro atoms. The molecule has 1 unspecified atom stereocenters. The van der Waals surface area contributed by atoms with E-state index >= 15 is 0 Å². The summed E-state index contributed by atoms with van der Waals surface area (Å²) in [5, 5.41) is 2.16. The Morgan fingerprint density at radius 2 is 1.29 bits per heavy atom. The standard InChI is InChI=1S/C33H57NO3S/c1-3-4-5-6-7-8-9-10-11-12-13-14-15-16-17-20-24-36-28-33(35-2)29-37-27-32-22-19-18-21-31(32)26-34-23-25-38-30-34/h18-19,21-23,25,33H,3-17,20,24,26-30H2,1-2H3. The number of ether oxygens (including phenoxy) is 3. The van der Waals surface area contributed by atoms with Crippen LogP contribution in [-0.4, -0.2) is 43.8 Å². The molecule has 0 aromatic heterocycles. The van der Waals surface area contributed by atoms with Gasteiger partial charge in [0.2, 0.25) is 0 Å². The van der Waals surface area contributed by atoms with Crippen LogP contribution >= 0.6 is 11.8 Å². The van der Waals surface area contributed by atoms with Gasteiger partial charge in [-0.15, -0.1) is 11.8 Å². The number of nitrogens with zero attached hydrogens (tertiary/aromatic N) is 1. The van der Waals surface area contributed by atoms with Crippen molar-refractivity contribution in [3.63, 3.8) is 0 Å². The van der Waals surface area contributed by atoms with E-state index in [1.165, 1.54) is 107 Å². The highest BCUT2D eigenvalue weighted by molar-refractivity contribution is 8.02. The van der Waals surface area contributed by atoms with Crippen LogP contribution in [0.3, 0.4) is 0 Å². The summed E-state index contributed by atoms with van der Waals surface area (Å²) < 4.78 is 17.5. The summed E-state index contributed by atoms with van der Waals surface area (Å²) in [6.07, 6.45) is 24.4. The maximum Gasteiger partial charge on any atom is 0.104 e. The summed E-state index contributed by atoms with van der Waals surface area (Å²) in [6, 6.07) is 8.56. The molecule has 1 aromatic rings. The molecule has 0 radical (unpaired) electrons. The van der Waals surface area contributed by atoms with Gasteiger partial charge < -0.3 is 19.1 Å². The zero-order valence-electron chi connectivity index (χ0n) is 24.7. The Kier molecular flexibility index (Phi) is 20.8. The number of thioether (sulfide) groups is 1. The van der Waals surface area contributed by atoms with Crippen molar-refractivity contribution in [1.29, 1.82) is 0 Å². The van der Waals surface area contributed by atoms with Crippen molar-refractivity contribution in [3.05, 3.63) is 47.0 Å². The molecule has 5 heteroatoms. The summed E-state index contributed by atoms with van der Waals surface area (Å²) in [7, 11) is 1.75. The van der Waals surface area contributed by atoms with Gasteiger partial charge in [-0.05, 0) is 23.0 Å². The van der Waals surface area contributed by atoms with Crippen molar-refractivity contribution in [1.82, 2.24) is 4.90 Å². The smallest absolute Gasteiger partial charge is 0.104 e. The normalized spacial score (nSPS) is 14.0. The van der Waals surface area contributed by atoms with Gasteiger partial charge in [-0.25, -0.2) is 0 Å². The third-order valence-electron chi connectivity index (χ3n) is 7.44. The van der Waals surface area contributed by atoms with Gasteiger partial charge in [-0.1, -0.05) is 128 Å². The highest BCUT2D eigenvalue weighted by Crippen LogP contribution is 2.20. The molecule has 0 saturated heterocycles. The predicted molar refractivity (Wildman–Crippen MR) is 164 cm³/mol. The van der Waals surface area contributed by atoms with Crippen LogP contribution in [0.15, 0.2) is 35.9 Å². The van der Waals surface area contributed by atoms with Gasteiger partial charge in [-0.3, -0.25) is 0 Å². The van der Waals surface area contributed by atoms with E-state index in [1.54, 1.807) is 7.11 Å². The van der Waals surface area contributed by atoms with Crippen LogP contribution in [0.2, 0.25) is 0 Å². The number of benzene rings is 1. The zero-order valence-corrected chi connectivity index (χ0v) is 25.5. The molecule has 1 atom stereocenters. The molecular formula is C33H57NO3S. The number of methoxy groups -OCH3 is 1. The summed E-state index contributed by atoms with van der Waals surface area (Å²) in [6.45, 7) is 5.82. The van der Waals surface area contributed by atoms with E-state index in [4.69, 9.17) is 14.2 Å². The Morgan fingerprint density at radius 1 is 0.737 bits per heavy atom. The highest BCUT2D eigenvalue weighted by Gasteiger charge is 2.11. The highest BCUT2D eigenvalue weighted by atomic mass is 32.2. The lowest BCUT2D eigenvalue weighted by Gasteiger charge is -2.19. The molecule has 0 saturated carbocycles. The fourth-order valence-corrected chi connectivity index (χ4v) is 5.65. The van der Waals surface area contributed by atoms with Crippen LogP contribution in [-0.2, 0) is 27.4 Å². The topological polar surface area (TPSA) is 30.9 Å². The van der Waals surface area contributed by atoms with Gasteiger partial charge in [0.15, 0.2) is 0 Å². The van der Waals surface area contributed by atoms with E-state index in [0.717, 1.165) is 25.4 Å². The number of hydrogen-bond donors (Lipinski definition) is 0. The number of hydrogen-bond acceptors (Lipinski definition) is 5. The van der Waals surface area contributed by atoms with Gasteiger partial charge >= 0.3 is 0 Å². The Morgan fingerprint density at radius 3 is 1.84 bits per heavy atom. The first-order chi connectivity index (χ1) is 18.8. The van der Waals surface area contributed by atoms with Crippen LogP contribution < -0.4 is 0 Å². The zero-order chi connectivity index (χ0) is 26.9. The van der Waals surface area contributed by atoms with Crippen LogP contribution in [0.5, 0.6) is 0 Å². The van der Waals surface area contributed by atoms with E-state index < -0.39 is 0 Å². The molecule has 0 amide bonds. The Hall–Kier alpha value is -1.01. The first kappa shape index (κ1) is 33.2. The molecule has 1 aliphatic rings. The number of unbranched alkanes of at least 4 members (excludes halogenated alkanes) is 15. The Bertz CT molecular complexity index is 699. The SMILES string of the molecule is CCCCCCCCCCCCCCCCCCOCC(COCc1ccccc1CN1C=CSC1)OC. The monoisotopic (exact) mass is 547 g/mol. The van der Waals surface area contributed by atoms with Crippen LogP contribution in [0.25, 0.3) is 0 Å². The van der Waals surface area contributed by atoms with Crippen molar-refractivity contribution in [2.75, 3.05) is 32.8 Å².